The van der Waals surface area contributed by atoms with Crippen LogP contribution in [0.5, 0.6) is 0 Å². The van der Waals surface area contributed by atoms with E-state index in [0.29, 0.717) is 24.0 Å². The van der Waals surface area contributed by atoms with Crippen molar-refractivity contribution in [3.05, 3.63) is 0 Å². The summed E-state index contributed by atoms with van der Waals surface area (Å²) >= 11 is 0. The van der Waals surface area contributed by atoms with Crippen LogP contribution in [0.3, 0.4) is 0 Å². The molecule has 0 N–H and O–H groups in total. The number of ketones is 1. The zero-order valence-electron chi connectivity index (χ0n) is 13.2. The van der Waals surface area contributed by atoms with E-state index < -0.39 is 0 Å². The van der Waals surface area contributed by atoms with Gasteiger partial charge in [-0.3, -0.25) is 9.59 Å². The Morgan fingerprint density at radius 2 is 1.90 bits per heavy atom. The standard InChI is InChI=1S/C17H26O3/c1-9-6-7-13(20-10(2)18)11-8-12(19)14-15(16(14,3)4)17(9,11)5/h9,11,13-15H,6-8H2,1-5H3/t9-,11-,13-,14-,15-,17+/m1/s1. The molecule has 0 spiro atoms. The first-order valence-corrected chi connectivity index (χ1v) is 7.90. The Bertz CT molecular complexity index is 467. The molecular weight excluding hydrogens is 252 g/mol. The maximum Gasteiger partial charge on any atom is 0.302 e. The van der Waals surface area contributed by atoms with Crippen LogP contribution in [0.15, 0.2) is 0 Å². The molecule has 0 heterocycles. The van der Waals surface area contributed by atoms with Crippen LogP contribution in [0.25, 0.3) is 0 Å². The van der Waals surface area contributed by atoms with Crippen LogP contribution in [0.1, 0.15) is 53.9 Å². The van der Waals surface area contributed by atoms with Gasteiger partial charge in [0.2, 0.25) is 0 Å². The predicted molar refractivity (Wildman–Crippen MR) is 75.9 cm³/mol. The number of Topliss-reactive ketones (excluding diaryl/α,β-unsaturated/α-hetero) is 1. The fourth-order valence-corrected chi connectivity index (χ4v) is 5.68. The number of esters is 1. The Morgan fingerprint density at radius 1 is 1.25 bits per heavy atom. The minimum Gasteiger partial charge on any atom is -0.462 e. The topological polar surface area (TPSA) is 43.4 Å². The highest BCUT2D eigenvalue weighted by molar-refractivity contribution is 5.87. The normalized spacial score (nSPS) is 49.0. The van der Waals surface area contributed by atoms with Gasteiger partial charge in [0, 0.05) is 25.2 Å². The van der Waals surface area contributed by atoms with E-state index in [-0.39, 0.29) is 34.7 Å². The molecule has 0 aromatic rings. The van der Waals surface area contributed by atoms with Crippen molar-refractivity contribution >= 4 is 11.8 Å². The third-order valence-electron chi connectivity index (χ3n) is 6.78. The van der Waals surface area contributed by atoms with E-state index in [4.69, 9.17) is 4.74 Å². The highest BCUT2D eigenvalue weighted by atomic mass is 16.5. The van der Waals surface area contributed by atoms with E-state index in [1.807, 2.05) is 0 Å². The Hall–Kier alpha value is -0.860. The number of hydrogen-bond acceptors (Lipinski definition) is 3. The van der Waals surface area contributed by atoms with Crippen molar-refractivity contribution in [1.82, 2.24) is 0 Å². The lowest BCUT2D eigenvalue weighted by Crippen LogP contribution is -2.51. The molecule has 0 unspecified atom stereocenters. The van der Waals surface area contributed by atoms with Gasteiger partial charge in [0.05, 0.1) is 0 Å². The highest BCUT2D eigenvalue weighted by Crippen LogP contribution is 2.74. The van der Waals surface area contributed by atoms with Crippen LogP contribution < -0.4 is 0 Å². The minimum absolute atomic E-state index is 0.0602. The number of ether oxygens (including phenoxy) is 1. The summed E-state index contributed by atoms with van der Waals surface area (Å²) in [4.78, 5) is 23.8. The van der Waals surface area contributed by atoms with Crippen molar-refractivity contribution in [2.24, 2.45) is 34.5 Å². The summed E-state index contributed by atoms with van der Waals surface area (Å²) in [6, 6.07) is 0. The van der Waals surface area contributed by atoms with E-state index in [1.165, 1.54) is 6.92 Å². The minimum atomic E-state index is -0.212. The van der Waals surface area contributed by atoms with Gasteiger partial charge in [-0.05, 0) is 35.5 Å². The van der Waals surface area contributed by atoms with Crippen molar-refractivity contribution in [2.45, 2.75) is 60.0 Å². The van der Waals surface area contributed by atoms with E-state index in [0.717, 1.165) is 12.8 Å². The fraction of sp³-hybridized carbons (Fsp3) is 0.882. The van der Waals surface area contributed by atoms with Gasteiger partial charge in [-0.25, -0.2) is 0 Å². The predicted octanol–water partition coefficient (Wildman–Crippen LogP) is 3.22. The molecule has 3 rings (SSSR count). The third kappa shape index (κ3) is 1.64. The third-order valence-corrected chi connectivity index (χ3v) is 6.78. The first-order chi connectivity index (χ1) is 9.20. The summed E-state index contributed by atoms with van der Waals surface area (Å²) in [7, 11) is 0. The lowest BCUT2D eigenvalue weighted by atomic mass is 9.54. The zero-order valence-corrected chi connectivity index (χ0v) is 13.2. The van der Waals surface area contributed by atoms with Crippen molar-refractivity contribution < 1.29 is 14.3 Å². The summed E-state index contributed by atoms with van der Waals surface area (Å²) in [6.45, 7) is 10.6. The Morgan fingerprint density at radius 3 is 2.50 bits per heavy atom. The summed E-state index contributed by atoms with van der Waals surface area (Å²) < 4.78 is 5.57. The molecule has 3 heteroatoms. The van der Waals surface area contributed by atoms with Crippen molar-refractivity contribution in [3.8, 4) is 0 Å². The molecule has 0 radical (unpaired) electrons. The zero-order chi connectivity index (χ0) is 14.9. The van der Waals surface area contributed by atoms with Crippen LogP contribution in [0.2, 0.25) is 0 Å². The molecule has 0 amide bonds. The van der Waals surface area contributed by atoms with E-state index >= 15 is 0 Å². The quantitative estimate of drug-likeness (QED) is 0.692. The second kappa shape index (κ2) is 4.08. The van der Waals surface area contributed by atoms with E-state index in [1.54, 1.807) is 0 Å². The first kappa shape index (κ1) is 14.1. The molecule has 3 aliphatic rings. The van der Waals surface area contributed by atoms with Crippen LogP contribution in [0.4, 0.5) is 0 Å². The molecule has 3 nitrogen and oxygen atoms in total. The smallest absolute Gasteiger partial charge is 0.302 e. The van der Waals surface area contributed by atoms with Crippen LogP contribution >= 0.6 is 0 Å². The molecule has 3 fully saturated rings. The number of carbonyl (C=O) groups excluding carboxylic acids is 2. The average molecular weight is 278 g/mol. The Kier molecular flexibility index (Phi) is 2.88. The van der Waals surface area contributed by atoms with Crippen molar-refractivity contribution in [3.63, 3.8) is 0 Å². The molecular formula is C17H26O3. The summed E-state index contributed by atoms with van der Waals surface area (Å²) in [6.07, 6.45) is 2.54. The van der Waals surface area contributed by atoms with Gasteiger partial charge < -0.3 is 4.74 Å². The highest BCUT2D eigenvalue weighted by Gasteiger charge is 2.74. The van der Waals surface area contributed by atoms with Gasteiger partial charge in [-0.1, -0.05) is 27.7 Å². The van der Waals surface area contributed by atoms with Gasteiger partial charge in [-0.15, -0.1) is 0 Å². The second-order valence-electron chi connectivity index (χ2n) is 8.05. The summed E-state index contributed by atoms with van der Waals surface area (Å²) in [5.41, 5.74) is 0.271. The van der Waals surface area contributed by atoms with Gasteiger partial charge >= 0.3 is 5.97 Å². The number of fused-ring (bicyclic) bond motifs is 3. The van der Waals surface area contributed by atoms with E-state index in [2.05, 4.69) is 27.7 Å². The van der Waals surface area contributed by atoms with Gasteiger partial charge in [0.1, 0.15) is 11.9 Å². The van der Waals surface area contributed by atoms with Gasteiger partial charge in [0.25, 0.3) is 0 Å². The number of carbonyl (C=O) groups is 2. The largest absolute Gasteiger partial charge is 0.462 e. The SMILES string of the molecule is CC(=O)O[C@@H]1CC[C@@H](C)[C@@]2(C)[C@@H]1CC(=O)[C@@H]1[C@@H]2C1(C)C. The van der Waals surface area contributed by atoms with Gasteiger partial charge in [-0.2, -0.15) is 0 Å². The van der Waals surface area contributed by atoms with Crippen LogP contribution in [0, 0.1) is 34.5 Å². The molecule has 6 atom stereocenters. The van der Waals surface area contributed by atoms with Crippen molar-refractivity contribution in [2.75, 3.05) is 0 Å². The molecule has 0 bridgehead atoms. The number of rotatable bonds is 1. The average Bonchev–Trinajstić information content (AvgIpc) is 2.92. The maximum absolute atomic E-state index is 12.4. The first-order valence-electron chi connectivity index (χ1n) is 7.90. The van der Waals surface area contributed by atoms with Crippen LogP contribution in [-0.2, 0) is 14.3 Å². The number of hydrogen-bond donors (Lipinski definition) is 0. The molecule has 0 aliphatic heterocycles. The monoisotopic (exact) mass is 278 g/mol. The fourth-order valence-electron chi connectivity index (χ4n) is 5.68. The molecule has 0 aromatic heterocycles. The summed E-state index contributed by atoms with van der Waals surface area (Å²) in [5, 5.41) is 0. The molecule has 3 saturated carbocycles. The molecule has 20 heavy (non-hydrogen) atoms. The second-order valence-corrected chi connectivity index (χ2v) is 8.05. The molecule has 0 saturated heterocycles. The Labute approximate surface area is 121 Å². The van der Waals surface area contributed by atoms with Crippen LogP contribution in [-0.4, -0.2) is 17.9 Å². The lowest BCUT2D eigenvalue weighted by molar-refractivity contribution is -0.166. The van der Waals surface area contributed by atoms with Crippen molar-refractivity contribution in [1.29, 1.82) is 0 Å². The molecule has 3 aliphatic carbocycles. The Balaban J connectivity index is 1.96. The molecule has 112 valence electrons. The van der Waals surface area contributed by atoms with E-state index in [9.17, 15) is 9.59 Å². The lowest BCUT2D eigenvalue weighted by Gasteiger charge is -2.52. The maximum atomic E-state index is 12.4. The molecule has 0 aromatic carbocycles. The summed E-state index contributed by atoms with van der Waals surface area (Å²) in [5.74, 6) is 1.70. The van der Waals surface area contributed by atoms with Gasteiger partial charge in [0.15, 0.2) is 0 Å².